The molecule has 78 valence electrons. The van der Waals surface area contributed by atoms with Crippen LogP contribution in [0.4, 0.5) is 5.69 Å². The Balaban J connectivity index is 2.02. The Morgan fingerprint density at radius 3 is 2.87 bits per heavy atom. The van der Waals surface area contributed by atoms with Gasteiger partial charge in [0.05, 0.1) is 9.90 Å². The number of hydrogen-bond acceptors (Lipinski definition) is 4. The number of amides is 1. The maximum Gasteiger partial charge on any atom is 0.345 e. The molecule has 1 aromatic rings. The fourth-order valence-electron chi connectivity index (χ4n) is 1.55. The van der Waals surface area contributed by atoms with Gasteiger partial charge >= 0.3 is 5.97 Å². The first-order valence-corrected chi connectivity index (χ1v) is 6.12. The van der Waals surface area contributed by atoms with Gasteiger partial charge in [-0.05, 0) is 18.9 Å². The van der Waals surface area contributed by atoms with Crippen LogP contribution in [0.2, 0.25) is 0 Å². The highest BCUT2D eigenvalue weighted by atomic mass is 32.2. The molecule has 0 bridgehead atoms. The van der Waals surface area contributed by atoms with Gasteiger partial charge in [0.15, 0.2) is 0 Å². The third-order valence-electron chi connectivity index (χ3n) is 2.56. The van der Waals surface area contributed by atoms with E-state index in [-0.39, 0.29) is 15.5 Å². The number of aromatic carboxylic acids is 1. The van der Waals surface area contributed by atoms with Gasteiger partial charge < -0.3 is 10.4 Å². The summed E-state index contributed by atoms with van der Waals surface area (Å²) >= 11 is 2.75. The van der Waals surface area contributed by atoms with Gasteiger partial charge in [0, 0.05) is 0 Å². The van der Waals surface area contributed by atoms with Crippen LogP contribution in [0.3, 0.4) is 0 Å². The van der Waals surface area contributed by atoms with Crippen molar-refractivity contribution >= 4 is 40.7 Å². The number of carbonyl (C=O) groups excluding carboxylic acids is 1. The molecule has 4 nitrogen and oxygen atoms in total. The number of carbonyl (C=O) groups is 2. The fraction of sp³-hybridized carbons (Fsp3) is 0.333. The summed E-state index contributed by atoms with van der Waals surface area (Å²) in [5.41, 5.74) is 0.657. The molecule has 1 aromatic heterocycles. The molecule has 1 spiro atoms. The van der Waals surface area contributed by atoms with E-state index in [0.29, 0.717) is 5.69 Å². The molecule has 1 aliphatic heterocycles. The van der Waals surface area contributed by atoms with E-state index in [4.69, 9.17) is 5.11 Å². The van der Waals surface area contributed by atoms with E-state index >= 15 is 0 Å². The lowest BCUT2D eigenvalue weighted by Crippen LogP contribution is -2.29. The van der Waals surface area contributed by atoms with Gasteiger partial charge in [-0.1, -0.05) is 11.8 Å². The largest absolute Gasteiger partial charge is 0.477 e. The lowest BCUT2D eigenvalue weighted by atomic mass is 10.3. The Morgan fingerprint density at radius 1 is 1.53 bits per heavy atom. The summed E-state index contributed by atoms with van der Waals surface area (Å²) in [7, 11) is 0. The van der Waals surface area contributed by atoms with Crippen molar-refractivity contribution in [1.29, 1.82) is 0 Å². The monoisotopic (exact) mass is 241 g/mol. The van der Waals surface area contributed by atoms with Crippen LogP contribution in [0.25, 0.3) is 0 Å². The van der Waals surface area contributed by atoms with Crippen LogP contribution in [0.15, 0.2) is 10.3 Å². The van der Waals surface area contributed by atoms with Gasteiger partial charge in [0.2, 0.25) is 5.91 Å². The smallest absolute Gasteiger partial charge is 0.345 e. The molecule has 0 aromatic carbocycles. The molecular formula is C9H7NO3S2. The van der Waals surface area contributed by atoms with Crippen LogP contribution in [0.1, 0.15) is 22.5 Å². The quantitative estimate of drug-likeness (QED) is 0.789. The van der Waals surface area contributed by atoms with Crippen LogP contribution >= 0.6 is 23.1 Å². The third-order valence-corrected chi connectivity index (χ3v) is 5.37. The summed E-state index contributed by atoms with van der Waals surface area (Å²) in [5, 5.41) is 11.6. The predicted molar refractivity (Wildman–Crippen MR) is 57.7 cm³/mol. The number of thioether (sulfide) groups is 1. The summed E-state index contributed by atoms with van der Waals surface area (Å²) in [6.07, 6.45) is 1.78. The Hall–Kier alpha value is -1.01. The highest BCUT2D eigenvalue weighted by Crippen LogP contribution is 2.58. The number of thiophene rings is 1. The summed E-state index contributed by atoms with van der Waals surface area (Å²) in [5.74, 6) is -0.913. The Morgan fingerprint density at radius 2 is 2.27 bits per heavy atom. The molecule has 2 heterocycles. The van der Waals surface area contributed by atoms with E-state index in [1.807, 2.05) is 0 Å². The van der Waals surface area contributed by atoms with Gasteiger partial charge in [-0.15, -0.1) is 11.3 Å². The molecule has 3 rings (SSSR count). The lowest BCUT2D eigenvalue weighted by molar-refractivity contribution is -0.116. The molecule has 2 aliphatic rings. The minimum absolute atomic E-state index is 0.0229. The predicted octanol–water partition coefficient (Wildman–Crippen LogP) is 2.02. The second-order valence-electron chi connectivity index (χ2n) is 3.67. The Bertz CT molecular complexity index is 476. The first kappa shape index (κ1) is 9.23. The molecule has 1 saturated carbocycles. The molecule has 1 fully saturated rings. The highest BCUT2D eigenvalue weighted by Gasteiger charge is 2.54. The molecule has 1 aliphatic carbocycles. The molecule has 0 saturated heterocycles. The maximum atomic E-state index is 11.6. The van der Waals surface area contributed by atoms with Gasteiger partial charge in [-0.2, -0.15) is 0 Å². The van der Waals surface area contributed by atoms with Gasteiger partial charge in [-0.3, -0.25) is 4.79 Å². The van der Waals surface area contributed by atoms with Crippen molar-refractivity contribution in [3.63, 3.8) is 0 Å². The molecule has 0 radical (unpaired) electrons. The topological polar surface area (TPSA) is 66.4 Å². The van der Waals surface area contributed by atoms with Crippen LogP contribution < -0.4 is 5.32 Å². The zero-order chi connectivity index (χ0) is 10.6. The number of fused-ring (bicyclic) bond motifs is 1. The fourth-order valence-corrected chi connectivity index (χ4v) is 4.17. The number of nitrogens with one attached hydrogen (secondary N) is 1. The minimum atomic E-state index is -0.936. The third kappa shape index (κ3) is 1.28. The molecule has 6 heteroatoms. The van der Waals surface area contributed by atoms with Crippen molar-refractivity contribution in [2.75, 3.05) is 5.32 Å². The van der Waals surface area contributed by atoms with E-state index in [1.165, 1.54) is 29.2 Å². The number of carboxylic acids is 1. The van der Waals surface area contributed by atoms with Crippen molar-refractivity contribution in [3.8, 4) is 0 Å². The SMILES string of the molecule is O=C(O)c1cc2c(s1)SC1(CC1)C(=O)N2. The summed E-state index contributed by atoms with van der Waals surface area (Å²) in [6.45, 7) is 0. The molecule has 0 atom stereocenters. The van der Waals surface area contributed by atoms with Gasteiger partial charge in [0.25, 0.3) is 0 Å². The molecule has 0 unspecified atom stereocenters. The molecule has 1 amide bonds. The van der Waals surface area contributed by atoms with E-state index in [0.717, 1.165) is 17.1 Å². The Kier molecular flexibility index (Phi) is 1.70. The van der Waals surface area contributed by atoms with Crippen molar-refractivity contribution in [2.24, 2.45) is 0 Å². The zero-order valence-corrected chi connectivity index (χ0v) is 9.20. The van der Waals surface area contributed by atoms with Crippen LogP contribution in [-0.4, -0.2) is 21.7 Å². The summed E-state index contributed by atoms with van der Waals surface area (Å²) in [4.78, 5) is 22.7. The van der Waals surface area contributed by atoms with Crippen molar-refractivity contribution in [2.45, 2.75) is 21.8 Å². The second kappa shape index (κ2) is 2.76. The lowest BCUT2D eigenvalue weighted by Gasteiger charge is -2.20. The normalized spacial score (nSPS) is 20.9. The minimum Gasteiger partial charge on any atom is -0.477 e. The van der Waals surface area contributed by atoms with Crippen LogP contribution in [-0.2, 0) is 4.79 Å². The second-order valence-corrected chi connectivity index (χ2v) is 6.37. The first-order valence-electron chi connectivity index (χ1n) is 4.48. The van der Waals surface area contributed by atoms with Crippen LogP contribution in [0.5, 0.6) is 0 Å². The van der Waals surface area contributed by atoms with Crippen molar-refractivity contribution < 1.29 is 14.7 Å². The van der Waals surface area contributed by atoms with Crippen molar-refractivity contribution in [1.82, 2.24) is 0 Å². The number of hydrogen-bond donors (Lipinski definition) is 2. The number of anilines is 1. The first-order chi connectivity index (χ1) is 7.11. The molecule has 15 heavy (non-hydrogen) atoms. The van der Waals surface area contributed by atoms with E-state index < -0.39 is 5.97 Å². The van der Waals surface area contributed by atoms with Gasteiger partial charge in [-0.25, -0.2) is 4.79 Å². The number of rotatable bonds is 1. The Labute approximate surface area is 93.7 Å². The van der Waals surface area contributed by atoms with E-state index in [9.17, 15) is 9.59 Å². The standard InChI is InChI=1S/C9H7NO3S2/c11-6(12)5-3-4-7(14-5)15-9(1-2-9)8(13)10-4/h3H,1-2H2,(H,10,13)(H,11,12). The number of carboxylic acid groups (broad SMARTS) is 1. The molecule has 2 N–H and O–H groups in total. The summed E-state index contributed by atoms with van der Waals surface area (Å²) < 4.78 is 0.637. The molecular weight excluding hydrogens is 234 g/mol. The summed E-state index contributed by atoms with van der Waals surface area (Å²) in [6, 6.07) is 1.53. The average molecular weight is 241 g/mol. The maximum absolute atomic E-state index is 11.6. The zero-order valence-electron chi connectivity index (χ0n) is 7.57. The van der Waals surface area contributed by atoms with E-state index in [1.54, 1.807) is 0 Å². The average Bonchev–Trinajstić information content (AvgIpc) is 2.81. The van der Waals surface area contributed by atoms with Gasteiger partial charge in [0.1, 0.15) is 9.62 Å². The van der Waals surface area contributed by atoms with Crippen LogP contribution in [0, 0.1) is 0 Å². The van der Waals surface area contributed by atoms with E-state index in [2.05, 4.69) is 5.32 Å². The van der Waals surface area contributed by atoms with Crippen molar-refractivity contribution in [3.05, 3.63) is 10.9 Å². The highest BCUT2D eigenvalue weighted by molar-refractivity contribution is 8.03.